The Bertz CT molecular complexity index is 630. The van der Waals surface area contributed by atoms with Crippen LogP contribution in [0.5, 0.6) is 0 Å². The zero-order valence-electron chi connectivity index (χ0n) is 14.6. The fourth-order valence-electron chi connectivity index (χ4n) is 1.78. The first-order valence-corrected chi connectivity index (χ1v) is 9.51. The molecule has 0 aliphatic rings. The van der Waals surface area contributed by atoms with Crippen molar-refractivity contribution in [1.29, 1.82) is 0 Å². The largest absolute Gasteiger partial charge is 0.467 e. The molecule has 0 fully saturated rings. The van der Waals surface area contributed by atoms with Gasteiger partial charge >= 0.3 is 12.1 Å². The number of esters is 1. The molecule has 8 heteroatoms. The highest BCUT2D eigenvalue weighted by Gasteiger charge is 2.25. The van der Waals surface area contributed by atoms with Gasteiger partial charge in [0.05, 0.1) is 12.9 Å². The second kappa shape index (κ2) is 9.82. The number of hydrogen-bond acceptors (Lipinski definition) is 6. The van der Waals surface area contributed by atoms with Gasteiger partial charge in [-0.25, -0.2) is 9.59 Å². The fraction of sp³-hybridized carbons (Fsp3) is 0.471. The Hall–Kier alpha value is -1.54. The molecule has 0 saturated carbocycles. The summed E-state index contributed by atoms with van der Waals surface area (Å²) in [6.45, 7) is 5.18. The monoisotopic (exact) mass is 431 g/mol. The number of nitrogens with one attached hydrogen (secondary N) is 1. The Balaban J connectivity index is 2.57. The van der Waals surface area contributed by atoms with Crippen molar-refractivity contribution in [3.05, 3.63) is 34.3 Å². The van der Waals surface area contributed by atoms with Crippen molar-refractivity contribution < 1.29 is 23.9 Å². The van der Waals surface area contributed by atoms with Crippen molar-refractivity contribution in [2.45, 2.75) is 32.4 Å². The molecule has 25 heavy (non-hydrogen) atoms. The molecule has 138 valence electrons. The van der Waals surface area contributed by atoms with Gasteiger partial charge in [-0.3, -0.25) is 4.79 Å². The van der Waals surface area contributed by atoms with Crippen LogP contribution in [0.2, 0.25) is 0 Å². The van der Waals surface area contributed by atoms with E-state index in [2.05, 4.69) is 26.0 Å². The summed E-state index contributed by atoms with van der Waals surface area (Å²) in [7, 11) is 1.24. The van der Waals surface area contributed by atoms with Crippen LogP contribution >= 0.6 is 27.7 Å². The van der Waals surface area contributed by atoms with Gasteiger partial charge in [-0.05, 0) is 32.9 Å². The maximum absolute atomic E-state index is 12.2. The number of ether oxygens (including phenoxy) is 2. The highest BCUT2D eigenvalue weighted by molar-refractivity contribution is 9.10. The molecule has 1 aromatic carbocycles. The Morgan fingerprint density at radius 3 is 2.52 bits per heavy atom. The van der Waals surface area contributed by atoms with E-state index in [1.165, 1.54) is 18.9 Å². The van der Waals surface area contributed by atoms with E-state index in [4.69, 9.17) is 4.74 Å². The number of ketones is 1. The average Bonchev–Trinajstić information content (AvgIpc) is 2.51. The summed E-state index contributed by atoms with van der Waals surface area (Å²) in [6.07, 6.45) is -0.707. The maximum atomic E-state index is 12.2. The first kappa shape index (κ1) is 21.5. The number of methoxy groups -OCH3 is 1. The van der Waals surface area contributed by atoms with Crippen LogP contribution in [0.15, 0.2) is 28.7 Å². The molecule has 0 unspecified atom stereocenters. The second-order valence-electron chi connectivity index (χ2n) is 6.17. The van der Waals surface area contributed by atoms with Crippen molar-refractivity contribution in [1.82, 2.24) is 5.32 Å². The number of carbonyl (C=O) groups is 3. The van der Waals surface area contributed by atoms with Crippen molar-refractivity contribution in [2.24, 2.45) is 0 Å². The third kappa shape index (κ3) is 8.40. The van der Waals surface area contributed by atoms with Crippen molar-refractivity contribution in [3.8, 4) is 0 Å². The molecule has 1 rings (SSSR count). The van der Waals surface area contributed by atoms with Crippen LogP contribution in [0.4, 0.5) is 4.79 Å². The van der Waals surface area contributed by atoms with Gasteiger partial charge in [0, 0.05) is 15.8 Å². The van der Waals surface area contributed by atoms with E-state index in [0.29, 0.717) is 5.56 Å². The first-order chi connectivity index (χ1) is 11.6. The van der Waals surface area contributed by atoms with E-state index in [1.54, 1.807) is 39.0 Å². The lowest BCUT2D eigenvalue weighted by molar-refractivity contribution is -0.142. The molecule has 1 amide bonds. The van der Waals surface area contributed by atoms with Crippen molar-refractivity contribution in [3.63, 3.8) is 0 Å². The van der Waals surface area contributed by atoms with Gasteiger partial charge in [0.2, 0.25) is 0 Å². The third-order valence-electron chi connectivity index (χ3n) is 2.84. The first-order valence-electron chi connectivity index (χ1n) is 7.56. The number of thioether (sulfide) groups is 1. The number of rotatable bonds is 7. The minimum absolute atomic E-state index is 0.0628. The Morgan fingerprint density at radius 2 is 1.96 bits per heavy atom. The number of hydrogen-bond donors (Lipinski definition) is 1. The second-order valence-corrected chi connectivity index (χ2v) is 8.12. The van der Waals surface area contributed by atoms with Gasteiger partial charge in [-0.15, -0.1) is 0 Å². The van der Waals surface area contributed by atoms with Crippen LogP contribution in [-0.4, -0.2) is 48.1 Å². The molecule has 0 spiro atoms. The average molecular weight is 432 g/mol. The Labute approximate surface area is 160 Å². The van der Waals surface area contributed by atoms with Crippen LogP contribution in [-0.2, 0) is 14.3 Å². The molecule has 0 aliphatic heterocycles. The predicted octanol–water partition coefficient (Wildman–Crippen LogP) is 3.43. The topological polar surface area (TPSA) is 81.7 Å². The SMILES string of the molecule is COC(=O)[C@@H](CSCC(=O)c1cccc(Br)c1)NC(=O)OC(C)(C)C. The molecule has 1 N–H and O–H groups in total. The van der Waals surface area contributed by atoms with Crippen LogP contribution in [0.3, 0.4) is 0 Å². The van der Waals surface area contributed by atoms with E-state index in [-0.39, 0.29) is 17.3 Å². The van der Waals surface area contributed by atoms with E-state index >= 15 is 0 Å². The molecule has 6 nitrogen and oxygen atoms in total. The highest BCUT2D eigenvalue weighted by Crippen LogP contribution is 2.15. The molecular formula is C17H22BrNO5S. The minimum Gasteiger partial charge on any atom is -0.467 e. The summed E-state index contributed by atoms with van der Waals surface area (Å²) in [5.41, 5.74) is -0.0919. The summed E-state index contributed by atoms with van der Waals surface area (Å²) in [6, 6.07) is 6.19. The molecule has 0 bridgehead atoms. The van der Waals surface area contributed by atoms with Crippen LogP contribution in [0.25, 0.3) is 0 Å². The lowest BCUT2D eigenvalue weighted by Crippen LogP contribution is -2.45. The standard InChI is InChI=1S/C17H22BrNO5S/c1-17(2,3)24-16(22)19-13(15(21)23-4)9-25-10-14(20)11-6-5-7-12(18)8-11/h5-8,13H,9-10H2,1-4H3,(H,19,22)/t13-/m1/s1. The summed E-state index contributed by atoms with van der Waals surface area (Å²) in [4.78, 5) is 35.8. The molecule has 0 radical (unpaired) electrons. The lowest BCUT2D eigenvalue weighted by atomic mass is 10.2. The highest BCUT2D eigenvalue weighted by atomic mass is 79.9. The number of amides is 1. The van der Waals surface area contributed by atoms with E-state index in [1.807, 2.05) is 6.07 Å². The Morgan fingerprint density at radius 1 is 1.28 bits per heavy atom. The van der Waals surface area contributed by atoms with Crippen molar-refractivity contribution in [2.75, 3.05) is 18.6 Å². The molecule has 0 aromatic heterocycles. The van der Waals surface area contributed by atoms with Crippen LogP contribution < -0.4 is 5.32 Å². The zero-order valence-corrected chi connectivity index (χ0v) is 17.0. The van der Waals surface area contributed by atoms with Gasteiger partial charge in [0.25, 0.3) is 0 Å². The molecular weight excluding hydrogens is 410 g/mol. The van der Waals surface area contributed by atoms with E-state index in [0.717, 1.165) is 4.47 Å². The number of benzene rings is 1. The molecule has 1 atom stereocenters. The molecule has 1 aromatic rings. The van der Waals surface area contributed by atoms with Crippen LogP contribution in [0, 0.1) is 0 Å². The normalized spacial score (nSPS) is 12.2. The van der Waals surface area contributed by atoms with Gasteiger partial charge in [-0.1, -0.05) is 28.1 Å². The molecule has 0 saturated heterocycles. The van der Waals surface area contributed by atoms with Crippen LogP contribution in [0.1, 0.15) is 31.1 Å². The van der Waals surface area contributed by atoms with Gasteiger partial charge in [0.15, 0.2) is 5.78 Å². The fourth-order valence-corrected chi connectivity index (χ4v) is 3.10. The smallest absolute Gasteiger partial charge is 0.408 e. The molecule has 0 heterocycles. The number of carbonyl (C=O) groups excluding carboxylic acids is 3. The van der Waals surface area contributed by atoms with E-state index < -0.39 is 23.7 Å². The summed E-state index contributed by atoms with van der Waals surface area (Å²) < 4.78 is 10.6. The third-order valence-corrected chi connectivity index (χ3v) is 4.37. The van der Waals surface area contributed by atoms with Gasteiger partial charge in [-0.2, -0.15) is 11.8 Å². The number of alkyl carbamates (subject to hydrolysis) is 1. The lowest BCUT2D eigenvalue weighted by Gasteiger charge is -2.22. The predicted molar refractivity (Wildman–Crippen MR) is 101 cm³/mol. The minimum atomic E-state index is -0.889. The van der Waals surface area contributed by atoms with Crippen molar-refractivity contribution >= 4 is 45.5 Å². The summed E-state index contributed by atoms with van der Waals surface area (Å²) in [5.74, 6) is -0.272. The summed E-state index contributed by atoms with van der Waals surface area (Å²) >= 11 is 4.56. The number of halogens is 1. The molecule has 0 aliphatic carbocycles. The van der Waals surface area contributed by atoms with Gasteiger partial charge < -0.3 is 14.8 Å². The Kier molecular flexibility index (Phi) is 8.44. The van der Waals surface area contributed by atoms with E-state index in [9.17, 15) is 14.4 Å². The zero-order chi connectivity index (χ0) is 19.0. The number of Topliss-reactive ketones (excluding diaryl/α,β-unsaturated/α-hetero) is 1. The maximum Gasteiger partial charge on any atom is 0.408 e. The van der Waals surface area contributed by atoms with Gasteiger partial charge in [0.1, 0.15) is 11.6 Å². The summed E-state index contributed by atoms with van der Waals surface area (Å²) in [5, 5.41) is 2.47. The quantitative estimate of drug-likeness (QED) is 0.525.